The molecule has 1 aliphatic heterocycles. The third kappa shape index (κ3) is 9.15. The van der Waals surface area contributed by atoms with Crippen LogP contribution < -0.4 is 10.1 Å². The summed E-state index contributed by atoms with van der Waals surface area (Å²) in [7, 11) is 1.76. The van der Waals surface area contributed by atoms with Crippen molar-refractivity contribution in [1.29, 1.82) is 0 Å². The molecule has 0 saturated heterocycles. The van der Waals surface area contributed by atoms with Crippen LogP contribution in [0.2, 0.25) is 0 Å². The summed E-state index contributed by atoms with van der Waals surface area (Å²) in [5.41, 5.74) is 1.85. The number of nitrogens with one attached hydrogen (secondary N) is 1. The molecule has 9 heteroatoms. The Balaban J connectivity index is 1.63. The van der Waals surface area contributed by atoms with Crippen molar-refractivity contribution < 1.29 is 29.0 Å². The van der Waals surface area contributed by atoms with E-state index in [1.54, 1.807) is 78.4 Å². The molecule has 9 nitrogen and oxygen atoms in total. The van der Waals surface area contributed by atoms with Crippen molar-refractivity contribution in [3.05, 3.63) is 95.6 Å². The van der Waals surface area contributed by atoms with Crippen molar-refractivity contribution in [2.24, 2.45) is 5.92 Å². The maximum Gasteiger partial charge on any atom is 0.258 e. The number of ether oxygens (including phenoxy) is 2. The Morgan fingerprint density at radius 2 is 1.67 bits per heavy atom. The number of nitrogens with zero attached hydrogens (tertiary/aromatic N) is 2. The van der Waals surface area contributed by atoms with Gasteiger partial charge in [-0.1, -0.05) is 43.3 Å². The minimum Gasteiger partial charge on any atom is -0.490 e. The third-order valence-electron chi connectivity index (χ3n) is 8.17. The van der Waals surface area contributed by atoms with Gasteiger partial charge in [-0.2, -0.15) is 0 Å². The molecule has 240 valence electrons. The van der Waals surface area contributed by atoms with Gasteiger partial charge in [-0.15, -0.1) is 0 Å². The zero-order valence-corrected chi connectivity index (χ0v) is 26.6. The predicted octanol–water partition coefficient (Wildman–Crippen LogP) is 5.51. The second-order valence-electron chi connectivity index (χ2n) is 11.9. The Labute approximate surface area is 266 Å². The molecule has 2 N–H and O–H groups in total. The van der Waals surface area contributed by atoms with E-state index in [2.05, 4.69) is 5.32 Å². The van der Waals surface area contributed by atoms with E-state index in [0.29, 0.717) is 41.3 Å². The summed E-state index contributed by atoms with van der Waals surface area (Å²) in [6.07, 6.45) is 1.92. The van der Waals surface area contributed by atoms with Gasteiger partial charge in [0, 0.05) is 49.5 Å². The van der Waals surface area contributed by atoms with Crippen molar-refractivity contribution >= 4 is 23.4 Å². The number of hydrogen-bond acceptors (Lipinski definition) is 6. The molecule has 0 spiro atoms. The lowest BCUT2D eigenvalue weighted by Gasteiger charge is -2.36. The minimum atomic E-state index is -0.509. The van der Waals surface area contributed by atoms with Gasteiger partial charge >= 0.3 is 0 Å². The molecule has 0 aromatic heterocycles. The molecule has 3 amide bonds. The SMILES string of the molecule is C[C@@H]1CCCCO[C@@H](CN(C)C(=O)c2ccccc2)[C@@H](C)CN([C@H](C)CO)C(=O)c2cc(NC(=O)c3ccccc3)ccc2O1. The number of aliphatic hydroxyl groups excluding tert-OH is 1. The molecular formula is C36H45N3O6. The maximum atomic E-state index is 14.3. The number of likely N-dealkylation sites (N-methyl/N-ethyl adjacent to an activating group) is 1. The van der Waals surface area contributed by atoms with Crippen molar-refractivity contribution in [1.82, 2.24) is 9.80 Å². The van der Waals surface area contributed by atoms with Gasteiger partial charge in [-0.25, -0.2) is 0 Å². The van der Waals surface area contributed by atoms with E-state index in [4.69, 9.17) is 9.47 Å². The van der Waals surface area contributed by atoms with Gasteiger partial charge in [0.25, 0.3) is 17.7 Å². The smallest absolute Gasteiger partial charge is 0.258 e. The lowest BCUT2D eigenvalue weighted by Crippen LogP contribution is -2.48. The van der Waals surface area contributed by atoms with E-state index in [-0.39, 0.29) is 49.0 Å². The topological polar surface area (TPSA) is 108 Å². The molecule has 3 aromatic rings. The first-order valence-corrected chi connectivity index (χ1v) is 15.7. The normalized spacial score (nSPS) is 20.2. The summed E-state index contributed by atoms with van der Waals surface area (Å²) >= 11 is 0. The molecule has 0 aliphatic carbocycles. The maximum absolute atomic E-state index is 14.3. The largest absolute Gasteiger partial charge is 0.490 e. The Hall–Kier alpha value is -4.21. The molecule has 4 atom stereocenters. The molecule has 1 aliphatic rings. The molecular weight excluding hydrogens is 570 g/mol. The van der Waals surface area contributed by atoms with Crippen molar-refractivity contribution in [2.75, 3.05) is 38.7 Å². The highest BCUT2D eigenvalue weighted by atomic mass is 16.5. The molecule has 45 heavy (non-hydrogen) atoms. The second kappa shape index (κ2) is 16.2. The molecule has 3 aromatic carbocycles. The molecule has 1 heterocycles. The zero-order valence-electron chi connectivity index (χ0n) is 26.6. The van der Waals surface area contributed by atoms with Crippen LogP contribution in [0.15, 0.2) is 78.9 Å². The minimum absolute atomic E-state index is 0.104. The fraction of sp³-hybridized carbons (Fsp3) is 0.417. The highest BCUT2D eigenvalue weighted by Gasteiger charge is 2.31. The average molecular weight is 616 g/mol. The van der Waals surface area contributed by atoms with Gasteiger partial charge in [-0.05, 0) is 75.6 Å². The highest BCUT2D eigenvalue weighted by molar-refractivity contribution is 6.05. The molecule has 0 unspecified atom stereocenters. The molecule has 0 fully saturated rings. The molecule has 4 rings (SSSR count). The number of fused-ring (bicyclic) bond motifs is 1. The van der Waals surface area contributed by atoms with Gasteiger partial charge < -0.3 is 29.7 Å². The van der Waals surface area contributed by atoms with Crippen LogP contribution in [0.25, 0.3) is 0 Å². The van der Waals surface area contributed by atoms with Crippen LogP contribution >= 0.6 is 0 Å². The fourth-order valence-electron chi connectivity index (χ4n) is 5.41. The van der Waals surface area contributed by atoms with Crippen LogP contribution in [0, 0.1) is 5.92 Å². The van der Waals surface area contributed by atoms with Crippen molar-refractivity contribution in [3.63, 3.8) is 0 Å². The van der Waals surface area contributed by atoms with Gasteiger partial charge in [0.1, 0.15) is 5.75 Å². The van der Waals surface area contributed by atoms with E-state index >= 15 is 0 Å². The second-order valence-corrected chi connectivity index (χ2v) is 11.9. The van der Waals surface area contributed by atoms with Crippen LogP contribution in [-0.4, -0.2) is 84.2 Å². The Kier molecular flexibility index (Phi) is 12.1. The first kappa shape index (κ1) is 33.7. The Bertz CT molecular complexity index is 1420. The van der Waals surface area contributed by atoms with E-state index in [1.165, 1.54) is 0 Å². The van der Waals surface area contributed by atoms with Crippen LogP contribution in [-0.2, 0) is 4.74 Å². The molecule has 0 saturated carbocycles. The highest BCUT2D eigenvalue weighted by Crippen LogP contribution is 2.29. The summed E-state index contributed by atoms with van der Waals surface area (Å²) in [5.74, 6) is -0.479. The predicted molar refractivity (Wildman–Crippen MR) is 175 cm³/mol. The van der Waals surface area contributed by atoms with Crippen molar-refractivity contribution in [3.8, 4) is 5.75 Å². The van der Waals surface area contributed by atoms with Gasteiger partial charge in [-0.3, -0.25) is 14.4 Å². The lowest BCUT2D eigenvalue weighted by molar-refractivity contribution is -0.0149. The van der Waals surface area contributed by atoms with Gasteiger partial charge in [0.05, 0.1) is 30.4 Å². The van der Waals surface area contributed by atoms with E-state index < -0.39 is 6.04 Å². The van der Waals surface area contributed by atoms with E-state index in [9.17, 15) is 19.5 Å². The Morgan fingerprint density at radius 3 is 2.33 bits per heavy atom. The van der Waals surface area contributed by atoms with Gasteiger partial charge in [0.2, 0.25) is 0 Å². The monoisotopic (exact) mass is 615 g/mol. The van der Waals surface area contributed by atoms with Crippen LogP contribution in [0.5, 0.6) is 5.75 Å². The summed E-state index contributed by atoms with van der Waals surface area (Å²) in [4.78, 5) is 43.7. The third-order valence-corrected chi connectivity index (χ3v) is 8.17. The number of hydrogen-bond donors (Lipinski definition) is 2. The van der Waals surface area contributed by atoms with E-state index in [0.717, 1.165) is 19.3 Å². The van der Waals surface area contributed by atoms with E-state index in [1.807, 2.05) is 38.1 Å². The Morgan fingerprint density at radius 1 is 1.00 bits per heavy atom. The first-order valence-electron chi connectivity index (χ1n) is 15.7. The quantitative estimate of drug-likeness (QED) is 0.363. The summed E-state index contributed by atoms with van der Waals surface area (Å²) < 4.78 is 12.7. The molecule has 0 radical (unpaired) electrons. The van der Waals surface area contributed by atoms with Crippen molar-refractivity contribution in [2.45, 2.75) is 58.3 Å². The molecule has 0 bridgehead atoms. The van der Waals surface area contributed by atoms with Crippen LogP contribution in [0.4, 0.5) is 5.69 Å². The van der Waals surface area contributed by atoms with Gasteiger partial charge in [0.15, 0.2) is 0 Å². The number of aliphatic hydroxyl groups is 1. The summed E-state index contributed by atoms with van der Waals surface area (Å²) in [6, 6.07) is 22.6. The van der Waals surface area contributed by atoms with Crippen LogP contribution in [0.3, 0.4) is 0 Å². The van der Waals surface area contributed by atoms with Crippen LogP contribution in [0.1, 0.15) is 71.1 Å². The zero-order chi connectivity index (χ0) is 32.3. The number of carbonyl (C=O) groups is 3. The standard InChI is InChI=1S/C36H45N3O6/c1-25-22-39(26(2)24-40)36(43)31-21-30(37-34(41)28-14-7-5-8-15-28)18-19-32(31)45-27(3)13-11-12-20-44-33(25)23-38(4)35(42)29-16-9-6-10-17-29/h5-10,14-19,21,25-27,33,40H,11-13,20,22-24H2,1-4H3,(H,37,41)/t25-,26+,27+,33-/m0/s1. The number of anilines is 1. The number of benzene rings is 3. The summed E-state index contributed by atoms with van der Waals surface area (Å²) in [5, 5.41) is 13.1. The first-order chi connectivity index (χ1) is 21.7. The summed E-state index contributed by atoms with van der Waals surface area (Å²) in [6.45, 7) is 6.64. The number of carbonyl (C=O) groups excluding carboxylic acids is 3. The lowest BCUT2D eigenvalue weighted by atomic mass is 10.0. The number of rotatable bonds is 7. The fourth-order valence-corrected chi connectivity index (χ4v) is 5.41. The number of amides is 3. The average Bonchev–Trinajstić information content (AvgIpc) is 3.06.